The summed E-state index contributed by atoms with van der Waals surface area (Å²) in [6, 6.07) is 0. The van der Waals surface area contributed by atoms with E-state index in [1.54, 1.807) is 0 Å². The third-order valence-corrected chi connectivity index (χ3v) is 5.64. The molecule has 18 heteroatoms. The first-order valence-electron chi connectivity index (χ1n) is 14.4. The highest BCUT2D eigenvalue weighted by molar-refractivity contribution is 5.82. The van der Waals surface area contributed by atoms with Crippen molar-refractivity contribution in [2.75, 3.05) is 66.1 Å². The zero-order chi connectivity index (χ0) is 36.5. The number of aliphatic hydroxyl groups excluding tert-OH is 6. The number of carbonyl (C=O) groups is 4. The number of aliphatic hydroxyl groups is 6. The van der Waals surface area contributed by atoms with Gasteiger partial charge in [0.25, 0.3) is 0 Å². The second kappa shape index (κ2) is 26.4. The zero-order valence-corrected chi connectivity index (χ0v) is 26.4. The monoisotopic (exact) mass is 694 g/mol. The lowest BCUT2D eigenvalue weighted by Gasteiger charge is -2.32. The van der Waals surface area contributed by atoms with Crippen LogP contribution in [0.4, 0.5) is 0 Å². The molecule has 6 N–H and O–H groups in total. The highest BCUT2D eigenvalue weighted by atomic mass is 16.6. The summed E-state index contributed by atoms with van der Waals surface area (Å²) in [5.74, 6) is -3.22. The van der Waals surface area contributed by atoms with Crippen LogP contribution in [0.15, 0.2) is 50.6 Å². The lowest BCUT2D eigenvalue weighted by molar-refractivity contribution is -0.181. The van der Waals surface area contributed by atoms with Crippen molar-refractivity contribution < 1.29 is 87.7 Å². The molecule has 0 heterocycles. The van der Waals surface area contributed by atoms with Crippen LogP contribution in [0.5, 0.6) is 0 Å². The fourth-order valence-electron chi connectivity index (χ4n) is 3.18. The minimum Gasteiger partial charge on any atom is -0.460 e. The van der Waals surface area contributed by atoms with Gasteiger partial charge in [-0.2, -0.15) is 0 Å². The molecule has 0 amide bonds. The normalized spacial score (nSPS) is 16.0. The number of hydrogen-bond acceptors (Lipinski definition) is 18. The van der Waals surface area contributed by atoms with Crippen molar-refractivity contribution in [3.8, 4) is 0 Å². The topological polar surface area (TPSA) is 263 Å². The summed E-state index contributed by atoms with van der Waals surface area (Å²) in [7, 11) is 0. The molecule has 48 heavy (non-hydrogen) atoms. The highest BCUT2D eigenvalue weighted by Crippen LogP contribution is 2.14. The number of carbonyl (C=O) groups excluding carboxylic acids is 4. The molecule has 0 radical (unpaired) electrons. The molecule has 0 saturated heterocycles. The van der Waals surface area contributed by atoms with Crippen molar-refractivity contribution in [1.29, 1.82) is 0 Å². The van der Waals surface area contributed by atoms with Gasteiger partial charge in [-0.1, -0.05) is 26.3 Å². The molecule has 0 rings (SSSR count). The van der Waals surface area contributed by atoms with Gasteiger partial charge in [0.2, 0.25) is 0 Å². The van der Waals surface area contributed by atoms with Gasteiger partial charge < -0.3 is 68.5 Å². The maximum atomic E-state index is 11.3. The summed E-state index contributed by atoms with van der Waals surface area (Å²) in [4.78, 5) is 45.0. The Bertz CT molecular complexity index is 924. The summed E-state index contributed by atoms with van der Waals surface area (Å²) in [5.41, 5.74) is 0. The Morgan fingerprint density at radius 2 is 0.667 bits per heavy atom. The van der Waals surface area contributed by atoms with Crippen LogP contribution in [-0.4, -0.2) is 169 Å². The average Bonchev–Trinajstić information content (AvgIpc) is 3.09. The van der Waals surface area contributed by atoms with Crippen LogP contribution in [0.1, 0.15) is 0 Å². The predicted octanol–water partition coefficient (Wildman–Crippen LogP) is -3.13. The van der Waals surface area contributed by atoms with Crippen molar-refractivity contribution in [2.24, 2.45) is 0 Å². The number of esters is 4. The van der Waals surface area contributed by atoms with Gasteiger partial charge in [0, 0.05) is 24.3 Å². The molecule has 0 aliphatic carbocycles. The Balaban J connectivity index is 5.67. The van der Waals surface area contributed by atoms with Gasteiger partial charge in [-0.15, -0.1) is 0 Å². The van der Waals surface area contributed by atoms with Crippen LogP contribution in [0.2, 0.25) is 0 Å². The van der Waals surface area contributed by atoms with E-state index in [1.165, 1.54) is 0 Å². The van der Waals surface area contributed by atoms with Gasteiger partial charge in [-0.3, -0.25) is 0 Å². The maximum Gasteiger partial charge on any atom is 0.330 e. The highest BCUT2D eigenvalue weighted by Gasteiger charge is 2.35. The first-order chi connectivity index (χ1) is 22.8. The quantitative estimate of drug-likeness (QED) is 0.0257. The SMILES string of the molecule is C=CC(=O)OCC(O)COCC(OCC(O)COC(=O)C=C)C(O)C(O)C(COCC(O)COC(=O)C=C)OCC(O)COC(=O)C=C. The summed E-state index contributed by atoms with van der Waals surface area (Å²) in [6.45, 7) is 7.97. The molecule has 0 fully saturated rings. The molecule has 274 valence electrons. The summed E-state index contributed by atoms with van der Waals surface area (Å²) < 4.78 is 40.7. The summed E-state index contributed by atoms with van der Waals surface area (Å²) in [6.07, 6.45) is -8.57. The minimum atomic E-state index is -1.88. The van der Waals surface area contributed by atoms with Crippen LogP contribution in [0.3, 0.4) is 0 Å². The number of rotatable bonds is 29. The van der Waals surface area contributed by atoms with Crippen LogP contribution in [-0.2, 0) is 57.1 Å². The number of ether oxygens (including phenoxy) is 8. The van der Waals surface area contributed by atoms with Crippen LogP contribution < -0.4 is 0 Å². The van der Waals surface area contributed by atoms with Crippen molar-refractivity contribution in [3.05, 3.63) is 50.6 Å². The third-order valence-electron chi connectivity index (χ3n) is 5.64. The maximum absolute atomic E-state index is 11.3. The van der Waals surface area contributed by atoms with Gasteiger partial charge in [0.15, 0.2) is 0 Å². The molecule has 8 atom stereocenters. The lowest BCUT2D eigenvalue weighted by atomic mass is 10.0. The van der Waals surface area contributed by atoms with Gasteiger partial charge in [0.1, 0.15) is 75.3 Å². The molecule has 0 bridgehead atoms. The van der Waals surface area contributed by atoms with Crippen molar-refractivity contribution in [3.63, 3.8) is 0 Å². The van der Waals surface area contributed by atoms with E-state index in [4.69, 9.17) is 37.9 Å². The van der Waals surface area contributed by atoms with Crippen molar-refractivity contribution in [2.45, 2.75) is 48.8 Å². The molecule has 0 aromatic heterocycles. The van der Waals surface area contributed by atoms with Gasteiger partial charge >= 0.3 is 23.9 Å². The van der Waals surface area contributed by atoms with Gasteiger partial charge in [0.05, 0.1) is 39.6 Å². The van der Waals surface area contributed by atoms with E-state index in [9.17, 15) is 49.8 Å². The smallest absolute Gasteiger partial charge is 0.330 e. The first kappa shape index (κ1) is 44.4. The Morgan fingerprint density at radius 3 is 0.917 bits per heavy atom. The second-order valence-corrected chi connectivity index (χ2v) is 9.75. The molecule has 0 aromatic carbocycles. The zero-order valence-electron chi connectivity index (χ0n) is 26.4. The van der Waals surface area contributed by atoms with E-state index < -0.39 is 139 Å². The van der Waals surface area contributed by atoms with E-state index in [-0.39, 0.29) is 0 Å². The third kappa shape index (κ3) is 21.3. The van der Waals surface area contributed by atoms with E-state index in [0.717, 1.165) is 24.3 Å². The molecule has 0 aromatic rings. The van der Waals surface area contributed by atoms with Gasteiger partial charge in [-0.05, 0) is 0 Å². The Hall–Kier alpha value is -3.56. The summed E-state index contributed by atoms with van der Waals surface area (Å²) >= 11 is 0. The molecule has 18 nitrogen and oxygen atoms in total. The largest absolute Gasteiger partial charge is 0.460 e. The first-order valence-corrected chi connectivity index (χ1v) is 14.4. The predicted molar refractivity (Wildman–Crippen MR) is 162 cm³/mol. The van der Waals surface area contributed by atoms with Gasteiger partial charge in [-0.25, -0.2) is 19.2 Å². The molecular weight excluding hydrogens is 648 g/mol. The van der Waals surface area contributed by atoms with Crippen LogP contribution in [0, 0.1) is 0 Å². The standard InChI is InChI=1S/C30H46O18/c1-5-25(35)45-13-19(31)9-41-17-23(43-11-21(33)15-47-27(37)7-3)29(39)30(40)24(44-12-22(34)16-48-28(38)8-4)18-42-10-20(32)14-46-26(36)6-2/h5-8,19-24,29-34,39-40H,1-4,9-18H2. The van der Waals surface area contributed by atoms with Crippen LogP contribution in [0.25, 0.3) is 0 Å². The fourth-order valence-corrected chi connectivity index (χ4v) is 3.18. The van der Waals surface area contributed by atoms with Crippen molar-refractivity contribution >= 4 is 23.9 Å². The number of hydrogen-bond donors (Lipinski definition) is 6. The van der Waals surface area contributed by atoms with Crippen molar-refractivity contribution in [1.82, 2.24) is 0 Å². The second-order valence-electron chi connectivity index (χ2n) is 9.75. The lowest BCUT2D eigenvalue weighted by Crippen LogP contribution is -2.51. The fraction of sp³-hybridized carbons (Fsp3) is 0.600. The van der Waals surface area contributed by atoms with E-state index in [2.05, 4.69) is 26.3 Å². The Kier molecular flexibility index (Phi) is 24.4. The van der Waals surface area contributed by atoms with E-state index in [0.29, 0.717) is 0 Å². The molecule has 0 spiro atoms. The molecule has 0 aliphatic rings. The molecule has 0 saturated carbocycles. The molecular formula is C30H46O18. The van der Waals surface area contributed by atoms with E-state index >= 15 is 0 Å². The van der Waals surface area contributed by atoms with Crippen LogP contribution >= 0.6 is 0 Å². The average molecular weight is 695 g/mol. The molecule has 8 unspecified atom stereocenters. The Morgan fingerprint density at radius 1 is 0.417 bits per heavy atom. The molecule has 0 aliphatic heterocycles. The Labute approximate surface area is 277 Å². The van der Waals surface area contributed by atoms with E-state index in [1.807, 2.05) is 0 Å². The summed E-state index contributed by atoms with van der Waals surface area (Å²) in [5, 5.41) is 62.5. The minimum absolute atomic E-state index is 0.431.